The fourth-order valence-corrected chi connectivity index (χ4v) is 0.975. The average molecular weight is 204 g/mol. The lowest BCUT2D eigenvalue weighted by atomic mass is 10.2. The molecule has 0 fully saturated rings. The van der Waals surface area contributed by atoms with Crippen molar-refractivity contribution in [1.29, 1.82) is 0 Å². The molecular formula is C12H12O3. The zero-order valence-corrected chi connectivity index (χ0v) is 8.43. The first-order chi connectivity index (χ1) is 7.19. The van der Waals surface area contributed by atoms with Crippen LogP contribution in [0.2, 0.25) is 0 Å². The summed E-state index contributed by atoms with van der Waals surface area (Å²) in [5.74, 6) is -0.148. The number of carbonyl (C=O) groups excluding carboxylic acids is 1. The molecular weight excluding hydrogens is 192 g/mol. The van der Waals surface area contributed by atoms with Crippen molar-refractivity contribution in [2.45, 2.75) is 6.92 Å². The summed E-state index contributed by atoms with van der Waals surface area (Å²) in [6.07, 6.45) is 2.32. The lowest BCUT2D eigenvalue weighted by Gasteiger charge is -2.06. The number of carbonyl (C=O) groups is 1. The Morgan fingerprint density at radius 1 is 1.47 bits per heavy atom. The predicted octanol–water partition coefficient (Wildman–Crippen LogP) is 2.70. The van der Waals surface area contributed by atoms with Crippen LogP contribution in [0.4, 0.5) is 0 Å². The fourth-order valence-electron chi connectivity index (χ4n) is 0.975. The van der Waals surface area contributed by atoms with E-state index >= 15 is 0 Å². The molecule has 0 aliphatic carbocycles. The summed E-state index contributed by atoms with van der Waals surface area (Å²) in [6.45, 7) is 5.08. The van der Waals surface area contributed by atoms with E-state index in [4.69, 9.17) is 9.84 Å². The van der Waals surface area contributed by atoms with Crippen molar-refractivity contribution in [1.82, 2.24) is 0 Å². The minimum atomic E-state index is -0.577. The fraction of sp³-hybridized carbons (Fsp3) is 0.0833. The van der Waals surface area contributed by atoms with E-state index in [0.29, 0.717) is 5.75 Å². The second-order valence-electron chi connectivity index (χ2n) is 2.94. The minimum absolute atomic E-state index is 0.147. The van der Waals surface area contributed by atoms with Crippen LogP contribution in [0.5, 0.6) is 5.75 Å². The number of hydrogen-bond donors (Lipinski definition) is 1. The third-order valence-corrected chi connectivity index (χ3v) is 1.86. The lowest BCUT2D eigenvalue weighted by Crippen LogP contribution is -2.09. The molecule has 0 spiro atoms. The standard InChI is InChI=1S/C12H12O3/c1-3-10-6-4-5-7-11(10)15-12(14)9(2)8-13/h3-8,13H,1H2,2H3/b9-8+. The molecule has 0 aromatic heterocycles. The summed E-state index contributed by atoms with van der Waals surface area (Å²) in [5, 5.41) is 8.63. The van der Waals surface area contributed by atoms with Gasteiger partial charge in [-0.2, -0.15) is 0 Å². The highest BCUT2D eigenvalue weighted by atomic mass is 16.5. The molecule has 0 saturated heterocycles. The number of rotatable bonds is 3. The minimum Gasteiger partial charge on any atom is -0.515 e. The maximum atomic E-state index is 11.3. The monoisotopic (exact) mass is 204 g/mol. The van der Waals surface area contributed by atoms with Crippen molar-refractivity contribution in [3.63, 3.8) is 0 Å². The van der Waals surface area contributed by atoms with Gasteiger partial charge in [-0.3, -0.25) is 0 Å². The van der Waals surface area contributed by atoms with Gasteiger partial charge in [0.15, 0.2) is 0 Å². The molecule has 1 aromatic carbocycles. The molecule has 1 N–H and O–H groups in total. The second kappa shape index (κ2) is 5.00. The quantitative estimate of drug-likeness (QED) is 0.356. The highest BCUT2D eigenvalue weighted by molar-refractivity contribution is 5.89. The van der Waals surface area contributed by atoms with E-state index in [9.17, 15) is 4.79 Å². The van der Waals surface area contributed by atoms with Gasteiger partial charge >= 0.3 is 5.97 Å². The van der Waals surface area contributed by atoms with Crippen molar-refractivity contribution in [2.75, 3.05) is 0 Å². The summed E-state index contributed by atoms with van der Waals surface area (Å²) in [7, 11) is 0. The molecule has 0 aliphatic heterocycles. The number of hydrogen-bond acceptors (Lipinski definition) is 3. The van der Waals surface area contributed by atoms with Crippen molar-refractivity contribution < 1.29 is 14.6 Å². The summed E-state index contributed by atoms with van der Waals surface area (Å²) < 4.78 is 5.05. The number of benzene rings is 1. The molecule has 1 rings (SSSR count). The lowest BCUT2D eigenvalue weighted by molar-refractivity contribution is -0.130. The Morgan fingerprint density at radius 3 is 2.73 bits per heavy atom. The Hall–Kier alpha value is -2.03. The first kappa shape index (κ1) is 11.0. The van der Waals surface area contributed by atoms with E-state index in [1.54, 1.807) is 24.3 Å². The molecule has 0 amide bonds. The van der Waals surface area contributed by atoms with Crippen LogP contribution < -0.4 is 4.74 Å². The van der Waals surface area contributed by atoms with Crippen molar-refractivity contribution in [3.05, 3.63) is 48.2 Å². The Balaban J connectivity index is 2.90. The SMILES string of the molecule is C=Cc1ccccc1OC(=O)/C(C)=C/O. The van der Waals surface area contributed by atoms with Gasteiger partial charge in [0, 0.05) is 5.56 Å². The third kappa shape index (κ3) is 2.71. The van der Waals surface area contributed by atoms with Gasteiger partial charge in [0.05, 0.1) is 11.8 Å². The number of esters is 1. The van der Waals surface area contributed by atoms with Crippen LogP contribution >= 0.6 is 0 Å². The van der Waals surface area contributed by atoms with Crippen molar-refractivity contribution in [3.8, 4) is 5.75 Å². The van der Waals surface area contributed by atoms with Crippen LogP contribution in [0.3, 0.4) is 0 Å². The molecule has 0 atom stereocenters. The summed E-state index contributed by atoms with van der Waals surface area (Å²) in [4.78, 5) is 11.3. The number of ether oxygens (including phenoxy) is 1. The van der Waals surface area contributed by atoms with Gasteiger partial charge in [0.2, 0.25) is 0 Å². The van der Waals surface area contributed by atoms with E-state index in [0.717, 1.165) is 11.8 Å². The maximum Gasteiger partial charge on any atom is 0.342 e. The zero-order valence-electron chi connectivity index (χ0n) is 8.43. The number of aliphatic hydroxyl groups is 1. The van der Waals surface area contributed by atoms with E-state index < -0.39 is 5.97 Å². The number of para-hydroxylation sites is 1. The molecule has 3 heteroatoms. The zero-order chi connectivity index (χ0) is 11.3. The first-order valence-electron chi connectivity index (χ1n) is 4.43. The summed E-state index contributed by atoms with van der Waals surface area (Å²) in [5.41, 5.74) is 0.880. The van der Waals surface area contributed by atoms with Crippen LogP contribution in [0.25, 0.3) is 6.08 Å². The summed E-state index contributed by atoms with van der Waals surface area (Å²) >= 11 is 0. The van der Waals surface area contributed by atoms with Crippen molar-refractivity contribution in [2.24, 2.45) is 0 Å². The highest BCUT2D eigenvalue weighted by Crippen LogP contribution is 2.19. The second-order valence-corrected chi connectivity index (χ2v) is 2.94. The Bertz CT molecular complexity index is 405. The van der Waals surface area contributed by atoms with E-state index in [1.165, 1.54) is 6.92 Å². The van der Waals surface area contributed by atoms with E-state index in [2.05, 4.69) is 6.58 Å². The van der Waals surface area contributed by atoms with Gasteiger partial charge in [-0.15, -0.1) is 0 Å². The average Bonchev–Trinajstić information content (AvgIpc) is 2.28. The Labute approximate surface area is 88.3 Å². The van der Waals surface area contributed by atoms with Crippen LogP contribution in [0.1, 0.15) is 12.5 Å². The normalized spacial score (nSPS) is 10.9. The molecule has 78 valence electrons. The molecule has 0 heterocycles. The Morgan fingerprint density at radius 2 is 2.13 bits per heavy atom. The molecule has 0 radical (unpaired) electrons. The predicted molar refractivity (Wildman–Crippen MR) is 58.6 cm³/mol. The summed E-state index contributed by atoms with van der Waals surface area (Å²) in [6, 6.07) is 7.03. The molecule has 1 aromatic rings. The van der Waals surface area contributed by atoms with Crippen LogP contribution in [-0.4, -0.2) is 11.1 Å². The maximum absolute atomic E-state index is 11.3. The third-order valence-electron chi connectivity index (χ3n) is 1.86. The first-order valence-corrected chi connectivity index (χ1v) is 4.43. The van der Waals surface area contributed by atoms with Gasteiger partial charge in [-0.05, 0) is 13.0 Å². The largest absolute Gasteiger partial charge is 0.515 e. The molecule has 15 heavy (non-hydrogen) atoms. The van der Waals surface area contributed by atoms with Gasteiger partial charge in [-0.25, -0.2) is 4.79 Å². The van der Waals surface area contributed by atoms with Crippen molar-refractivity contribution >= 4 is 12.0 Å². The van der Waals surface area contributed by atoms with E-state index in [1.807, 2.05) is 6.07 Å². The van der Waals surface area contributed by atoms with Gasteiger partial charge < -0.3 is 9.84 Å². The molecule has 0 bridgehead atoms. The van der Waals surface area contributed by atoms with Crippen LogP contribution in [0.15, 0.2) is 42.7 Å². The van der Waals surface area contributed by atoms with Gasteiger partial charge in [-0.1, -0.05) is 30.9 Å². The topological polar surface area (TPSA) is 46.5 Å². The van der Waals surface area contributed by atoms with Gasteiger partial charge in [0.1, 0.15) is 5.75 Å². The number of aliphatic hydroxyl groups excluding tert-OH is 1. The molecule has 3 nitrogen and oxygen atoms in total. The molecule has 0 aliphatic rings. The van der Waals surface area contributed by atoms with Gasteiger partial charge in [0.25, 0.3) is 0 Å². The van der Waals surface area contributed by atoms with E-state index in [-0.39, 0.29) is 5.57 Å². The smallest absolute Gasteiger partial charge is 0.342 e. The van der Waals surface area contributed by atoms with Crippen LogP contribution in [-0.2, 0) is 4.79 Å². The Kier molecular flexibility index (Phi) is 3.68. The van der Waals surface area contributed by atoms with Crippen LogP contribution in [0, 0.1) is 0 Å². The molecule has 0 unspecified atom stereocenters. The molecule has 0 saturated carbocycles. The highest BCUT2D eigenvalue weighted by Gasteiger charge is 2.09.